The maximum atomic E-state index is 12.6. The molecule has 1 aliphatic heterocycles. The van der Waals surface area contributed by atoms with Crippen molar-refractivity contribution in [2.75, 3.05) is 4.90 Å². The van der Waals surface area contributed by atoms with Crippen molar-refractivity contribution < 1.29 is 9.59 Å². The number of hydrogen-bond acceptors (Lipinski definition) is 3. The number of carbonyl (C=O) groups excluding carboxylic acids is 2. The molecule has 1 fully saturated rings. The molecule has 0 saturated carbocycles. The summed E-state index contributed by atoms with van der Waals surface area (Å²) in [5, 5.41) is 2.82. The normalized spacial score (nSPS) is 21.0. The van der Waals surface area contributed by atoms with Crippen molar-refractivity contribution in [3.8, 4) is 0 Å². The first-order valence-electron chi connectivity index (χ1n) is 7.26. The second-order valence-corrected chi connectivity index (χ2v) is 5.39. The second-order valence-electron chi connectivity index (χ2n) is 5.39. The number of carbonyl (C=O) groups is 2. The lowest BCUT2D eigenvalue weighted by atomic mass is 10.1. The average Bonchev–Trinajstić information content (AvgIpc) is 2.83. The molecule has 0 radical (unpaired) electrons. The van der Waals surface area contributed by atoms with Gasteiger partial charge in [-0.2, -0.15) is 0 Å². The highest BCUT2D eigenvalue weighted by Crippen LogP contribution is 2.26. The summed E-state index contributed by atoms with van der Waals surface area (Å²) in [6, 6.07) is 12.4. The van der Waals surface area contributed by atoms with Crippen LogP contribution in [-0.4, -0.2) is 28.9 Å². The molecule has 0 bridgehead atoms. The van der Waals surface area contributed by atoms with E-state index in [4.69, 9.17) is 0 Å². The van der Waals surface area contributed by atoms with Gasteiger partial charge in [0.1, 0.15) is 6.04 Å². The summed E-state index contributed by atoms with van der Waals surface area (Å²) in [6.07, 6.45) is 3.72. The maximum Gasteiger partial charge on any atom is 0.252 e. The van der Waals surface area contributed by atoms with Crippen molar-refractivity contribution in [2.45, 2.75) is 25.4 Å². The molecule has 1 saturated heterocycles. The summed E-state index contributed by atoms with van der Waals surface area (Å²) in [4.78, 5) is 30.4. The average molecular weight is 295 g/mol. The number of nitrogens with zero attached hydrogens (tertiary/aromatic N) is 2. The van der Waals surface area contributed by atoms with E-state index in [2.05, 4.69) is 10.3 Å². The van der Waals surface area contributed by atoms with Gasteiger partial charge in [0.25, 0.3) is 5.91 Å². The van der Waals surface area contributed by atoms with Gasteiger partial charge in [0.05, 0.1) is 0 Å². The van der Waals surface area contributed by atoms with Gasteiger partial charge in [-0.3, -0.25) is 14.6 Å². The summed E-state index contributed by atoms with van der Waals surface area (Å²) in [6.45, 7) is 1.99. The molecule has 2 unspecified atom stereocenters. The molecule has 0 aliphatic carbocycles. The van der Waals surface area contributed by atoms with Gasteiger partial charge in [-0.15, -0.1) is 0 Å². The molecule has 2 amide bonds. The third kappa shape index (κ3) is 2.70. The molecule has 1 aromatic carbocycles. The Balaban J connectivity index is 1.74. The number of pyridine rings is 1. The Morgan fingerprint density at radius 3 is 2.55 bits per heavy atom. The predicted octanol–water partition coefficient (Wildman–Crippen LogP) is 2.01. The lowest BCUT2D eigenvalue weighted by molar-refractivity contribution is -0.118. The van der Waals surface area contributed by atoms with E-state index < -0.39 is 6.04 Å². The summed E-state index contributed by atoms with van der Waals surface area (Å²) >= 11 is 0. The van der Waals surface area contributed by atoms with E-state index in [1.807, 2.05) is 37.3 Å². The minimum atomic E-state index is -0.490. The first kappa shape index (κ1) is 14.3. The molecule has 1 aliphatic rings. The Hall–Kier alpha value is -2.69. The van der Waals surface area contributed by atoms with E-state index in [0.717, 1.165) is 5.69 Å². The molecule has 1 aromatic heterocycles. The lowest BCUT2D eigenvalue weighted by Gasteiger charge is -2.21. The van der Waals surface area contributed by atoms with Crippen LogP contribution in [0.15, 0.2) is 54.9 Å². The van der Waals surface area contributed by atoms with Crippen LogP contribution in [0.4, 0.5) is 5.69 Å². The van der Waals surface area contributed by atoms with Crippen LogP contribution in [0.5, 0.6) is 0 Å². The zero-order chi connectivity index (χ0) is 15.5. The number of benzene rings is 1. The molecular formula is C17H17N3O2. The van der Waals surface area contributed by atoms with Gasteiger partial charge < -0.3 is 10.2 Å². The van der Waals surface area contributed by atoms with Crippen molar-refractivity contribution in [2.24, 2.45) is 0 Å². The van der Waals surface area contributed by atoms with Gasteiger partial charge in [-0.1, -0.05) is 18.2 Å². The fourth-order valence-electron chi connectivity index (χ4n) is 2.77. The van der Waals surface area contributed by atoms with Crippen LogP contribution in [0.2, 0.25) is 0 Å². The summed E-state index contributed by atoms with van der Waals surface area (Å²) in [7, 11) is 0. The van der Waals surface area contributed by atoms with Crippen LogP contribution in [0, 0.1) is 0 Å². The number of para-hydroxylation sites is 1. The molecule has 3 rings (SSSR count). The Kier molecular flexibility index (Phi) is 3.87. The monoisotopic (exact) mass is 295 g/mol. The fraction of sp³-hybridized carbons (Fsp3) is 0.235. The van der Waals surface area contributed by atoms with Crippen LogP contribution in [0.1, 0.15) is 23.7 Å². The van der Waals surface area contributed by atoms with Crippen molar-refractivity contribution in [1.82, 2.24) is 10.3 Å². The maximum absolute atomic E-state index is 12.6. The van der Waals surface area contributed by atoms with Crippen LogP contribution in [0.25, 0.3) is 0 Å². The Bertz CT molecular complexity index is 673. The number of aromatic nitrogens is 1. The van der Waals surface area contributed by atoms with E-state index in [1.165, 1.54) is 0 Å². The van der Waals surface area contributed by atoms with Crippen molar-refractivity contribution >= 4 is 17.5 Å². The largest absolute Gasteiger partial charge is 0.340 e. The minimum absolute atomic E-state index is 0.0534. The Morgan fingerprint density at radius 2 is 1.86 bits per heavy atom. The molecule has 5 nitrogen and oxygen atoms in total. The number of nitrogens with one attached hydrogen (secondary N) is 1. The van der Waals surface area contributed by atoms with Crippen LogP contribution >= 0.6 is 0 Å². The van der Waals surface area contributed by atoms with Crippen molar-refractivity contribution in [3.05, 3.63) is 60.4 Å². The number of amides is 2. The molecule has 2 atom stereocenters. The topological polar surface area (TPSA) is 62.3 Å². The zero-order valence-corrected chi connectivity index (χ0v) is 12.3. The van der Waals surface area contributed by atoms with E-state index in [-0.39, 0.29) is 17.9 Å². The van der Waals surface area contributed by atoms with E-state index >= 15 is 0 Å². The summed E-state index contributed by atoms with van der Waals surface area (Å²) in [5.41, 5.74) is 1.37. The third-order valence-electron chi connectivity index (χ3n) is 3.84. The molecular weight excluding hydrogens is 278 g/mol. The number of rotatable bonds is 3. The minimum Gasteiger partial charge on any atom is -0.340 e. The zero-order valence-electron chi connectivity index (χ0n) is 12.3. The molecule has 2 aromatic rings. The molecule has 112 valence electrons. The van der Waals surface area contributed by atoms with Gasteiger partial charge in [-0.05, 0) is 37.6 Å². The fourth-order valence-corrected chi connectivity index (χ4v) is 2.77. The Morgan fingerprint density at radius 1 is 1.18 bits per heavy atom. The molecule has 22 heavy (non-hydrogen) atoms. The first-order valence-corrected chi connectivity index (χ1v) is 7.26. The van der Waals surface area contributed by atoms with Crippen molar-refractivity contribution in [3.63, 3.8) is 0 Å². The predicted molar refractivity (Wildman–Crippen MR) is 83.5 cm³/mol. The highest BCUT2D eigenvalue weighted by molar-refractivity contribution is 6.04. The second kappa shape index (κ2) is 5.97. The quantitative estimate of drug-likeness (QED) is 0.942. The van der Waals surface area contributed by atoms with Gasteiger partial charge in [0.2, 0.25) is 5.91 Å². The first-order chi connectivity index (χ1) is 10.7. The van der Waals surface area contributed by atoms with Crippen LogP contribution in [0.3, 0.4) is 0 Å². The molecule has 2 heterocycles. The van der Waals surface area contributed by atoms with E-state index in [1.54, 1.807) is 29.4 Å². The van der Waals surface area contributed by atoms with Gasteiger partial charge in [0.15, 0.2) is 0 Å². The van der Waals surface area contributed by atoms with Crippen molar-refractivity contribution in [1.29, 1.82) is 0 Å². The van der Waals surface area contributed by atoms with Crippen LogP contribution < -0.4 is 10.2 Å². The SMILES string of the molecule is CC1CC(NC(=O)c2ccncc2)C(=O)N1c1ccccc1. The molecule has 0 spiro atoms. The summed E-state index contributed by atoms with van der Waals surface area (Å²) < 4.78 is 0. The molecule has 5 heteroatoms. The third-order valence-corrected chi connectivity index (χ3v) is 3.84. The molecule has 1 N–H and O–H groups in total. The van der Waals surface area contributed by atoms with E-state index in [0.29, 0.717) is 12.0 Å². The standard InChI is InChI=1S/C17H17N3O2/c1-12-11-15(19-16(21)13-7-9-18-10-8-13)17(22)20(12)14-5-3-2-4-6-14/h2-10,12,15H,11H2,1H3,(H,19,21). The lowest BCUT2D eigenvalue weighted by Crippen LogP contribution is -2.41. The smallest absolute Gasteiger partial charge is 0.252 e. The Labute approximate surface area is 129 Å². The highest BCUT2D eigenvalue weighted by atomic mass is 16.2. The highest BCUT2D eigenvalue weighted by Gasteiger charge is 2.38. The number of hydrogen-bond donors (Lipinski definition) is 1. The number of anilines is 1. The van der Waals surface area contributed by atoms with Gasteiger partial charge in [-0.25, -0.2) is 0 Å². The van der Waals surface area contributed by atoms with Crippen LogP contribution in [-0.2, 0) is 4.79 Å². The van der Waals surface area contributed by atoms with Gasteiger partial charge >= 0.3 is 0 Å². The van der Waals surface area contributed by atoms with E-state index in [9.17, 15) is 9.59 Å². The van der Waals surface area contributed by atoms with Gasteiger partial charge in [0, 0.05) is 29.7 Å². The summed E-state index contributed by atoms with van der Waals surface area (Å²) in [5.74, 6) is -0.316.